The van der Waals surface area contributed by atoms with Gasteiger partial charge in [0.25, 0.3) is 0 Å². The summed E-state index contributed by atoms with van der Waals surface area (Å²) in [6.45, 7) is 7.64. The molecule has 0 fully saturated rings. The minimum atomic E-state index is 1.12. The monoisotopic (exact) mass is 376 g/mol. The van der Waals surface area contributed by atoms with Gasteiger partial charge >= 0.3 is 0 Å². The van der Waals surface area contributed by atoms with Gasteiger partial charge in [0, 0.05) is 0 Å². The summed E-state index contributed by atoms with van der Waals surface area (Å²) in [5.74, 6) is 0. The van der Waals surface area contributed by atoms with Crippen molar-refractivity contribution in [2.24, 2.45) is 0 Å². The first-order valence-electron chi connectivity index (χ1n) is 12.6. The molecule has 0 N–H and O–H groups in total. The van der Waals surface area contributed by atoms with Crippen LogP contribution >= 0.6 is 0 Å². The van der Waals surface area contributed by atoms with Crippen molar-refractivity contribution >= 4 is 0 Å². The van der Waals surface area contributed by atoms with E-state index in [-0.39, 0.29) is 0 Å². The first-order chi connectivity index (χ1) is 13.4. The summed E-state index contributed by atoms with van der Waals surface area (Å²) < 4.78 is 0. The molecular weight excluding hydrogens is 324 g/mol. The van der Waals surface area contributed by atoms with Gasteiger partial charge in [-0.3, -0.25) is 0 Å². The average molecular weight is 377 g/mol. The number of rotatable bonds is 23. The molecule has 160 valence electrons. The number of hydrogen-bond donors (Lipinski definition) is 0. The lowest BCUT2D eigenvalue weighted by Gasteiger charge is -2.04. The first kappa shape index (κ1) is 26.7. The van der Waals surface area contributed by atoms with Gasteiger partial charge in [0.15, 0.2) is 0 Å². The zero-order valence-corrected chi connectivity index (χ0v) is 18.8. The SMILES string of the molecule is [CH2]/C=C/CCCCCCCCCCCCCCCCCCCCCCC[CH2]. The molecule has 0 rings (SSSR count). The van der Waals surface area contributed by atoms with Crippen LogP contribution in [0.25, 0.3) is 0 Å². The van der Waals surface area contributed by atoms with E-state index in [9.17, 15) is 0 Å². The van der Waals surface area contributed by atoms with Gasteiger partial charge < -0.3 is 0 Å². The largest absolute Gasteiger partial charge is 0.0885 e. The highest BCUT2D eigenvalue weighted by Gasteiger charge is 1.95. The molecule has 0 saturated heterocycles. The van der Waals surface area contributed by atoms with Crippen LogP contribution in [-0.2, 0) is 0 Å². The predicted molar refractivity (Wildman–Crippen MR) is 126 cm³/mol. The van der Waals surface area contributed by atoms with E-state index in [2.05, 4.69) is 19.9 Å². The molecule has 0 spiro atoms. The predicted octanol–water partition coefficient (Wildman–Crippen LogP) is 10.2. The molecule has 0 heteroatoms. The van der Waals surface area contributed by atoms with E-state index in [1.54, 1.807) is 0 Å². The third-order valence-electron chi connectivity index (χ3n) is 5.79. The van der Waals surface area contributed by atoms with Gasteiger partial charge in [0.1, 0.15) is 0 Å². The zero-order valence-electron chi connectivity index (χ0n) is 18.8. The van der Waals surface area contributed by atoms with Crippen molar-refractivity contribution in [2.75, 3.05) is 0 Å². The lowest BCUT2D eigenvalue weighted by Crippen LogP contribution is -1.84. The molecule has 0 nitrogen and oxygen atoms in total. The average Bonchev–Trinajstić information content (AvgIpc) is 2.68. The van der Waals surface area contributed by atoms with Crippen LogP contribution in [0.2, 0.25) is 0 Å². The zero-order chi connectivity index (χ0) is 19.7. The molecule has 0 aromatic rings. The molecule has 0 amide bonds. The van der Waals surface area contributed by atoms with E-state index in [1.165, 1.54) is 141 Å². The van der Waals surface area contributed by atoms with Crippen LogP contribution < -0.4 is 0 Å². The number of allylic oxidation sites excluding steroid dienone is 2. The summed E-state index contributed by atoms with van der Waals surface area (Å²) in [5.41, 5.74) is 0. The van der Waals surface area contributed by atoms with Crippen LogP contribution in [-0.4, -0.2) is 0 Å². The second kappa shape index (κ2) is 25.7. The summed E-state index contributed by atoms with van der Waals surface area (Å²) in [6.07, 6.45) is 36.9. The smallest absolute Gasteiger partial charge is 0.0316 e. The standard InChI is InChI=1S/C27H52/c1-3-5-7-9-11-13-15-17-19-21-23-25-27-26-24-22-20-18-16-14-12-10-8-6-4-2/h3,5H,1-2,4,6-27H2/b5-3+. The summed E-state index contributed by atoms with van der Waals surface area (Å²) in [7, 11) is 0. The maximum atomic E-state index is 3.91. The molecule has 2 radical (unpaired) electrons. The van der Waals surface area contributed by atoms with Crippen LogP contribution in [0.5, 0.6) is 0 Å². The molecule has 27 heavy (non-hydrogen) atoms. The molecule has 0 bridgehead atoms. The highest BCUT2D eigenvalue weighted by Crippen LogP contribution is 2.15. The Balaban J connectivity index is 2.97. The van der Waals surface area contributed by atoms with Gasteiger partial charge in [-0.2, -0.15) is 0 Å². The molecule has 0 aliphatic heterocycles. The molecule has 0 aliphatic rings. The van der Waals surface area contributed by atoms with Crippen LogP contribution in [0.15, 0.2) is 12.2 Å². The maximum absolute atomic E-state index is 3.91. The van der Waals surface area contributed by atoms with E-state index in [0.29, 0.717) is 0 Å². The molecule has 0 heterocycles. The van der Waals surface area contributed by atoms with E-state index < -0.39 is 0 Å². The van der Waals surface area contributed by atoms with Gasteiger partial charge in [-0.25, -0.2) is 0 Å². The fourth-order valence-corrected chi connectivity index (χ4v) is 3.92. The summed E-state index contributed by atoms with van der Waals surface area (Å²) in [4.78, 5) is 0. The Bertz CT molecular complexity index is 265. The summed E-state index contributed by atoms with van der Waals surface area (Å²) in [6, 6.07) is 0. The highest BCUT2D eigenvalue weighted by atomic mass is 14.0. The summed E-state index contributed by atoms with van der Waals surface area (Å²) >= 11 is 0. The molecule has 0 unspecified atom stereocenters. The Morgan fingerprint density at radius 3 is 0.889 bits per heavy atom. The van der Waals surface area contributed by atoms with E-state index >= 15 is 0 Å². The van der Waals surface area contributed by atoms with E-state index in [4.69, 9.17) is 0 Å². The fourth-order valence-electron chi connectivity index (χ4n) is 3.92. The molecule has 0 atom stereocenters. The Labute approximate surface area is 174 Å². The van der Waals surface area contributed by atoms with Crippen LogP contribution in [0.4, 0.5) is 0 Å². The Morgan fingerprint density at radius 1 is 0.370 bits per heavy atom. The third-order valence-corrected chi connectivity index (χ3v) is 5.79. The Kier molecular flexibility index (Phi) is 25.5. The van der Waals surface area contributed by atoms with Crippen LogP contribution in [0.1, 0.15) is 148 Å². The lowest BCUT2D eigenvalue weighted by atomic mass is 10.0. The topological polar surface area (TPSA) is 0 Å². The van der Waals surface area contributed by atoms with Gasteiger partial charge in [-0.15, -0.1) is 0 Å². The van der Waals surface area contributed by atoms with Crippen LogP contribution in [0.3, 0.4) is 0 Å². The lowest BCUT2D eigenvalue weighted by molar-refractivity contribution is 0.520. The molecule has 0 saturated carbocycles. The quantitative estimate of drug-likeness (QED) is 0.156. The maximum Gasteiger partial charge on any atom is -0.0316 e. The second-order valence-corrected chi connectivity index (χ2v) is 8.54. The molecule has 0 aromatic carbocycles. The number of unbranched alkanes of at least 4 members (excludes halogenated alkanes) is 22. The van der Waals surface area contributed by atoms with Gasteiger partial charge in [0.2, 0.25) is 0 Å². The molecule has 0 aliphatic carbocycles. The van der Waals surface area contributed by atoms with Gasteiger partial charge in [-0.05, 0) is 19.8 Å². The van der Waals surface area contributed by atoms with E-state index in [0.717, 1.165) is 6.42 Å². The van der Waals surface area contributed by atoms with Crippen molar-refractivity contribution < 1.29 is 0 Å². The second-order valence-electron chi connectivity index (χ2n) is 8.54. The van der Waals surface area contributed by atoms with Gasteiger partial charge in [-0.1, -0.05) is 154 Å². The van der Waals surface area contributed by atoms with Crippen molar-refractivity contribution in [1.29, 1.82) is 0 Å². The van der Waals surface area contributed by atoms with Crippen molar-refractivity contribution in [3.63, 3.8) is 0 Å². The van der Waals surface area contributed by atoms with Crippen LogP contribution in [0, 0.1) is 13.8 Å². The molecule has 0 aromatic heterocycles. The van der Waals surface area contributed by atoms with E-state index in [1.807, 2.05) is 6.08 Å². The van der Waals surface area contributed by atoms with Crippen molar-refractivity contribution in [2.45, 2.75) is 148 Å². The minimum absolute atomic E-state index is 1.12. The Morgan fingerprint density at radius 2 is 0.630 bits per heavy atom. The van der Waals surface area contributed by atoms with Crippen molar-refractivity contribution in [3.05, 3.63) is 26.0 Å². The normalized spacial score (nSPS) is 11.6. The van der Waals surface area contributed by atoms with Crippen molar-refractivity contribution in [1.82, 2.24) is 0 Å². The Hall–Kier alpha value is -0.260. The third kappa shape index (κ3) is 25.7. The molecular formula is C27H52. The number of hydrogen-bond acceptors (Lipinski definition) is 0. The van der Waals surface area contributed by atoms with Crippen molar-refractivity contribution in [3.8, 4) is 0 Å². The summed E-state index contributed by atoms with van der Waals surface area (Å²) in [5, 5.41) is 0. The first-order valence-corrected chi connectivity index (χ1v) is 12.6. The minimum Gasteiger partial charge on any atom is -0.0885 e. The van der Waals surface area contributed by atoms with Gasteiger partial charge in [0.05, 0.1) is 0 Å². The highest BCUT2D eigenvalue weighted by molar-refractivity contribution is 4.83. The fraction of sp³-hybridized carbons (Fsp3) is 0.852.